The summed E-state index contributed by atoms with van der Waals surface area (Å²) in [6.45, 7) is 1.32. The van der Waals surface area contributed by atoms with Gasteiger partial charge in [0.15, 0.2) is 17.5 Å². The van der Waals surface area contributed by atoms with E-state index in [4.69, 9.17) is 28.8 Å². The Morgan fingerprint density at radius 3 is 1.62 bits per heavy atom. The van der Waals surface area contributed by atoms with Crippen LogP contribution in [-0.2, 0) is 6.42 Å². The van der Waals surface area contributed by atoms with Gasteiger partial charge in [-0.25, -0.2) is 15.0 Å². The van der Waals surface area contributed by atoms with Crippen molar-refractivity contribution < 1.29 is 35.6 Å². The molecule has 3 heteroatoms. The summed E-state index contributed by atoms with van der Waals surface area (Å²) in [7, 11) is 0. The van der Waals surface area contributed by atoms with Crippen molar-refractivity contribution in [3.8, 4) is 78.7 Å². The lowest BCUT2D eigenvalue weighted by Crippen LogP contribution is -2.00. The summed E-state index contributed by atoms with van der Waals surface area (Å²) in [4.78, 5) is 13.1. The van der Waals surface area contributed by atoms with E-state index in [1.807, 2.05) is 0 Å². The second-order valence-corrected chi connectivity index (χ2v) is 10.9. The Bertz CT molecular complexity index is 3830. The Labute approximate surface area is 329 Å². The van der Waals surface area contributed by atoms with Crippen LogP contribution in [0.2, 0.25) is 0 Å². The minimum absolute atomic E-state index is 0.0893. The first kappa shape index (κ1) is 13.1. The molecule has 0 fully saturated rings. The average molecular weight is 666 g/mol. The monoisotopic (exact) mass is 665 g/mol. The van der Waals surface area contributed by atoms with E-state index in [0.717, 1.165) is 12.1 Å². The molecule has 0 radical (unpaired) electrons. The quantitative estimate of drug-likeness (QED) is 0.177. The normalized spacial score (nSPS) is 18.9. The lowest BCUT2D eigenvalue weighted by molar-refractivity contribution is 1.07. The van der Waals surface area contributed by atoms with E-state index in [9.17, 15) is 6.85 Å². The van der Waals surface area contributed by atoms with Gasteiger partial charge < -0.3 is 0 Å². The van der Waals surface area contributed by atoms with Crippen LogP contribution in [0.15, 0.2) is 169 Å². The van der Waals surface area contributed by atoms with Crippen molar-refractivity contribution in [1.29, 1.82) is 0 Å². The molecule has 1 aliphatic carbocycles. The van der Waals surface area contributed by atoms with Crippen molar-refractivity contribution in [2.24, 2.45) is 0 Å². The molecule has 7 aromatic carbocycles. The van der Waals surface area contributed by atoms with Gasteiger partial charge >= 0.3 is 0 Å². The number of fused-ring (bicyclic) bond motifs is 3. The summed E-state index contributed by atoms with van der Waals surface area (Å²) in [5, 5.41) is 0. The van der Waals surface area contributed by atoms with Crippen LogP contribution < -0.4 is 0 Å². The lowest BCUT2D eigenvalue weighted by Gasteiger charge is -2.12. The second kappa shape index (κ2) is 12.5. The van der Waals surface area contributed by atoms with Crippen LogP contribution in [0, 0.1) is 6.92 Å². The van der Waals surface area contributed by atoms with E-state index in [1.54, 1.807) is 0 Å². The molecule has 0 unspecified atom stereocenters. The minimum Gasteiger partial charge on any atom is -0.208 e. The first-order valence-corrected chi connectivity index (χ1v) is 15.0. The fourth-order valence-electron chi connectivity index (χ4n) is 5.56. The van der Waals surface area contributed by atoms with E-state index < -0.39 is 226 Å². The maximum absolute atomic E-state index is 9.41. The first-order chi connectivity index (χ1) is 35.5. The van der Waals surface area contributed by atoms with Crippen molar-refractivity contribution >= 4 is 0 Å². The Morgan fingerprint density at radius 1 is 0.400 bits per heavy atom. The standard InChI is InChI=1S/C47H33N3/c1-31-13-8-21-37(27-31)46-48-45(33-16-6-3-7-17-33)49-47(50-46)38-22-10-20-36(29-38)40-24-12-26-42-41-25-11-23-39(43(41)30-44(40)42)35-19-9-18-34(28-35)32-14-4-2-5-15-32/h2-29H,30H2,1H3/i2D,3D,4D,5D,6D,7D,8D,9D,10D,11D,12D,13D,14D,15D,16D,17D,19D,20D,21D,22D,23D,24D,25D,26D,27D,28D. The fourth-order valence-corrected chi connectivity index (χ4v) is 5.56. The number of aromatic nitrogens is 3. The van der Waals surface area contributed by atoms with Gasteiger partial charge in [-0.15, -0.1) is 0 Å². The number of rotatable bonds is 6. The maximum Gasteiger partial charge on any atom is 0.164 e. The van der Waals surface area contributed by atoms with Crippen molar-refractivity contribution in [3.63, 3.8) is 0 Å². The van der Waals surface area contributed by atoms with Gasteiger partial charge in [-0.3, -0.25) is 0 Å². The Hall–Kier alpha value is -6.45. The zero-order chi connectivity index (χ0) is 56.1. The third-order valence-electron chi connectivity index (χ3n) is 7.78. The third-order valence-corrected chi connectivity index (χ3v) is 7.78. The largest absolute Gasteiger partial charge is 0.208 e. The summed E-state index contributed by atoms with van der Waals surface area (Å²) in [5.41, 5.74) is -5.02. The molecule has 1 aromatic heterocycles. The van der Waals surface area contributed by atoms with Crippen LogP contribution in [0.4, 0.5) is 0 Å². The van der Waals surface area contributed by atoms with Crippen molar-refractivity contribution in [1.82, 2.24) is 15.0 Å². The molecule has 50 heavy (non-hydrogen) atoms. The van der Waals surface area contributed by atoms with E-state index in [-0.39, 0.29) is 33.4 Å². The molecule has 9 rings (SSSR count). The van der Waals surface area contributed by atoms with E-state index in [0.29, 0.717) is 0 Å². The van der Waals surface area contributed by atoms with Gasteiger partial charge in [0.05, 0.1) is 35.6 Å². The molecule has 236 valence electrons. The summed E-state index contributed by atoms with van der Waals surface area (Å²) in [6.07, 6.45) is -0.532. The number of benzene rings is 7. The van der Waals surface area contributed by atoms with Crippen LogP contribution in [0.1, 0.15) is 52.3 Å². The summed E-state index contributed by atoms with van der Waals surface area (Å²) >= 11 is 0. The molecule has 0 bridgehead atoms. The number of hydrogen-bond acceptors (Lipinski definition) is 3. The van der Waals surface area contributed by atoms with E-state index in [1.165, 1.54) is 6.92 Å². The van der Waals surface area contributed by atoms with Gasteiger partial charge in [0.2, 0.25) is 0 Å². The van der Waals surface area contributed by atoms with Gasteiger partial charge in [0.1, 0.15) is 0 Å². The molecule has 0 aliphatic heterocycles. The zero-order valence-corrected chi connectivity index (χ0v) is 25.7. The molecule has 0 amide bonds. The number of nitrogens with zero attached hydrogens (tertiary/aromatic N) is 3. The SMILES string of the molecule is [2H]c1cc(-c2c([2H])c([2H])c([2H])c([2H])c2[2H])c([2H])c(-c2c([2H])c([2H])c([2H])c3c2Cc2c(-c4cc(-c5nc(-c6c([2H])c([2H])c([2H])c([2H])c6[2H])nc(-c6c([2H])c([2H])c([2H])c(C)c6[2H])n5)c([2H])c([2H])c4[2H])c([2H])c([2H])c([2H])c2-3)c1[2H]. The molecular weight excluding hydrogens is 607 g/mol. The molecule has 0 saturated carbocycles. The average Bonchev–Trinajstić information content (AvgIpc) is 3.81. The number of hydrogen-bond donors (Lipinski definition) is 0. The maximum atomic E-state index is 9.41. The van der Waals surface area contributed by atoms with E-state index in [2.05, 4.69) is 15.0 Å². The highest BCUT2D eigenvalue weighted by Crippen LogP contribution is 2.45. The molecule has 0 spiro atoms. The van der Waals surface area contributed by atoms with Gasteiger partial charge in [0, 0.05) is 16.7 Å². The Morgan fingerprint density at radius 2 is 0.900 bits per heavy atom. The summed E-state index contributed by atoms with van der Waals surface area (Å²) < 4.78 is 228. The molecule has 1 heterocycles. The molecule has 0 saturated heterocycles. The fraction of sp³-hybridized carbons (Fsp3) is 0.0426. The van der Waals surface area contributed by atoms with Gasteiger partial charge in [-0.2, -0.15) is 0 Å². The highest BCUT2D eigenvalue weighted by Gasteiger charge is 2.25. The third kappa shape index (κ3) is 5.49. The molecular formula is C47H33N3. The van der Waals surface area contributed by atoms with Crippen LogP contribution >= 0.6 is 0 Å². The van der Waals surface area contributed by atoms with Crippen molar-refractivity contribution in [2.75, 3.05) is 0 Å². The molecule has 3 nitrogen and oxygen atoms in total. The van der Waals surface area contributed by atoms with Crippen molar-refractivity contribution in [2.45, 2.75) is 13.3 Å². The Kier molecular flexibility index (Phi) is 3.29. The lowest BCUT2D eigenvalue weighted by atomic mass is 9.93. The molecule has 8 aromatic rings. The summed E-state index contributed by atoms with van der Waals surface area (Å²) in [6, 6.07) is -17.0. The van der Waals surface area contributed by atoms with Crippen LogP contribution in [0.5, 0.6) is 0 Å². The Balaban J connectivity index is 1.34. The minimum atomic E-state index is -0.858. The molecule has 1 aliphatic rings. The predicted molar refractivity (Wildman–Crippen MR) is 205 cm³/mol. The topological polar surface area (TPSA) is 38.7 Å². The van der Waals surface area contributed by atoms with Crippen LogP contribution in [0.3, 0.4) is 0 Å². The van der Waals surface area contributed by atoms with Gasteiger partial charge in [-0.05, 0) is 87.1 Å². The predicted octanol–water partition coefficient (Wildman–Crippen LogP) is 11.8. The smallest absolute Gasteiger partial charge is 0.164 e. The second-order valence-electron chi connectivity index (χ2n) is 10.9. The summed E-state index contributed by atoms with van der Waals surface area (Å²) in [5.74, 6) is -1.89. The highest BCUT2D eigenvalue weighted by molar-refractivity contribution is 5.90. The zero-order valence-electron chi connectivity index (χ0n) is 51.7. The molecule has 0 atom stereocenters. The van der Waals surface area contributed by atoms with Crippen LogP contribution in [-0.4, -0.2) is 15.0 Å². The van der Waals surface area contributed by atoms with Crippen molar-refractivity contribution in [3.05, 3.63) is 186 Å². The van der Waals surface area contributed by atoms with Gasteiger partial charge in [-0.1, -0.05) is 157 Å². The van der Waals surface area contributed by atoms with E-state index >= 15 is 0 Å². The van der Waals surface area contributed by atoms with Gasteiger partial charge in [0.25, 0.3) is 0 Å². The first-order valence-electron chi connectivity index (χ1n) is 28.0. The molecule has 0 N–H and O–H groups in total. The highest BCUT2D eigenvalue weighted by atomic mass is 15.0. The van der Waals surface area contributed by atoms with Crippen LogP contribution in [0.25, 0.3) is 78.7 Å².